The van der Waals surface area contributed by atoms with E-state index in [-0.39, 0.29) is 12.5 Å². The monoisotopic (exact) mass is 359 g/mol. The Morgan fingerprint density at radius 1 is 1.08 bits per heavy atom. The minimum atomic E-state index is -0.181. The molecule has 1 amide bonds. The minimum Gasteiger partial charge on any atom is -0.414 e. The van der Waals surface area contributed by atoms with Gasteiger partial charge in [-0.1, -0.05) is 59.8 Å². The van der Waals surface area contributed by atoms with Gasteiger partial charge < -0.3 is 9.73 Å². The van der Waals surface area contributed by atoms with E-state index in [2.05, 4.69) is 15.5 Å². The van der Waals surface area contributed by atoms with Gasteiger partial charge in [-0.3, -0.25) is 4.79 Å². The van der Waals surface area contributed by atoms with Gasteiger partial charge in [0.15, 0.2) is 0 Å². The number of carbonyl (C=O) groups excluding carboxylic acids is 1. The molecule has 0 saturated heterocycles. The molecule has 0 aliphatic heterocycles. The van der Waals surface area contributed by atoms with E-state index in [9.17, 15) is 4.79 Å². The Kier molecular flexibility index (Phi) is 5.51. The predicted octanol–water partition coefficient (Wildman–Crippen LogP) is 3.95. The van der Waals surface area contributed by atoms with Gasteiger partial charge in [0, 0.05) is 16.3 Å². The second-order valence-corrected chi connectivity index (χ2v) is 6.22. The quantitative estimate of drug-likeness (QED) is 0.675. The first-order valence-corrected chi connectivity index (χ1v) is 8.60. The fourth-order valence-corrected chi connectivity index (χ4v) is 3.04. The van der Waals surface area contributed by atoms with Crippen molar-refractivity contribution in [2.24, 2.45) is 0 Å². The van der Waals surface area contributed by atoms with E-state index in [0.717, 1.165) is 5.56 Å². The molecule has 0 aliphatic carbocycles. The summed E-state index contributed by atoms with van der Waals surface area (Å²) in [4.78, 5) is 12.0. The van der Waals surface area contributed by atoms with Crippen molar-refractivity contribution in [3.8, 4) is 0 Å². The van der Waals surface area contributed by atoms with Crippen molar-refractivity contribution in [2.75, 3.05) is 0 Å². The third-order valence-electron chi connectivity index (χ3n) is 3.19. The van der Waals surface area contributed by atoms with E-state index in [1.54, 1.807) is 12.1 Å². The summed E-state index contributed by atoms with van der Waals surface area (Å²) in [6, 6.07) is 16.6. The van der Waals surface area contributed by atoms with Gasteiger partial charge in [-0.05, 0) is 23.8 Å². The van der Waals surface area contributed by atoms with Crippen molar-refractivity contribution in [2.45, 2.75) is 17.5 Å². The van der Waals surface area contributed by atoms with Crippen molar-refractivity contribution >= 4 is 29.3 Å². The number of carbonyl (C=O) groups is 1. The first kappa shape index (κ1) is 16.5. The molecule has 0 radical (unpaired) electrons. The molecule has 0 atom stereocenters. The van der Waals surface area contributed by atoms with E-state index in [1.165, 1.54) is 11.8 Å². The fourth-order valence-electron chi connectivity index (χ4n) is 1.97. The molecule has 7 heteroatoms. The summed E-state index contributed by atoms with van der Waals surface area (Å²) in [6.07, 6.45) is 0. The highest BCUT2D eigenvalue weighted by Crippen LogP contribution is 2.25. The summed E-state index contributed by atoms with van der Waals surface area (Å²) < 4.78 is 5.51. The van der Waals surface area contributed by atoms with E-state index in [4.69, 9.17) is 16.0 Å². The number of halogens is 1. The third-order valence-corrected chi connectivity index (χ3v) is 4.43. The van der Waals surface area contributed by atoms with Gasteiger partial charge in [0.2, 0.25) is 5.89 Å². The van der Waals surface area contributed by atoms with Crippen LogP contribution in [-0.2, 0) is 12.3 Å². The molecular formula is C17H14ClN3O2S. The number of nitrogens with one attached hydrogen (secondary N) is 1. The molecule has 0 spiro atoms. The molecule has 3 aromatic rings. The second-order valence-electron chi connectivity index (χ2n) is 4.89. The highest BCUT2D eigenvalue weighted by atomic mass is 35.5. The maximum Gasteiger partial charge on any atom is 0.276 e. The summed E-state index contributed by atoms with van der Waals surface area (Å²) in [5, 5.41) is 11.8. The number of amides is 1. The molecule has 1 heterocycles. The van der Waals surface area contributed by atoms with E-state index < -0.39 is 0 Å². The highest BCUT2D eigenvalue weighted by Gasteiger charge is 2.10. The first-order valence-electron chi connectivity index (χ1n) is 7.24. The Morgan fingerprint density at radius 2 is 1.83 bits per heavy atom. The summed E-state index contributed by atoms with van der Waals surface area (Å²) in [5.41, 5.74) is 1.59. The van der Waals surface area contributed by atoms with Crippen LogP contribution in [0.25, 0.3) is 0 Å². The van der Waals surface area contributed by atoms with Gasteiger partial charge in [0.05, 0.1) is 6.54 Å². The zero-order chi connectivity index (χ0) is 16.8. The van der Waals surface area contributed by atoms with E-state index in [0.29, 0.717) is 27.5 Å². The Morgan fingerprint density at radius 3 is 2.62 bits per heavy atom. The number of hydrogen-bond acceptors (Lipinski definition) is 5. The molecule has 24 heavy (non-hydrogen) atoms. The molecule has 1 aromatic heterocycles. The summed E-state index contributed by atoms with van der Waals surface area (Å²) in [6.45, 7) is 0.188. The molecule has 0 aliphatic rings. The molecule has 0 unspecified atom stereocenters. The molecule has 2 aromatic carbocycles. The van der Waals surface area contributed by atoms with E-state index >= 15 is 0 Å². The zero-order valence-corrected chi connectivity index (χ0v) is 14.2. The fraction of sp³-hybridized carbons (Fsp3) is 0.118. The smallest absolute Gasteiger partial charge is 0.276 e. The normalized spacial score (nSPS) is 10.5. The maximum absolute atomic E-state index is 12.0. The Bertz CT molecular complexity index is 823. The maximum atomic E-state index is 12.0. The lowest BCUT2D eigenvalue weighted by molar-refractivity contribution is 0.0946. The lowest BCUT2D eigenvalue weighted by atomic mass is 10.2. The van der Waals surface area contributed by atoms with Crippen LogP contribution in [0.2, 0.25) is 5.02 Å². The van der Waals surface area contributed by atoms with Gasteiger partial charge in [-0.2, -0.15) is 0 Å². The number of hydrogen-bond donors (Lipinski definition) is 1. The number of thioether (sulfide) groups is 1. The predicted molar refractivity (Wildman–Crippen MR) is 92.9 cm³/mol. The summed E-state index contributed by atoms with van der Waals surface area (Å²) >= 11 is 7.51. The summed E-state index contributed by atoms with van der Waals surface area (Å²) in [5.74, 6) is 0.817. The third kappa shape index (κ3) is 4.37. The second kappa shape index (κ2) is 7.99. The molecule has 5 nitrogen and oxygen atoms in total. The summed E-state index contributed by atoms with van der Waals surface area (Å²) in [7, 11) is 0. The molecule has 3 rings (SSSR count). The largest absolute Gasteiger partial charge is 0.414 e. The van der Waals surface area contributed by atoms with Crippen LogP contribution in [0.4, 0.5) is 0 Å². The van der Waals surface area contributed by atoms with Crippen LogP contribution >= 0.6 is 23.4 Å². The first-order chi connectivity index (χ1) is 11.7. The van der Waals surface area contributed by atoms with Crippen molar-refractivity contribution < 1.29 is 9.21 Å². The van der Waals surface area contributed by atoms with Crippen molar-refractivity contribution in [1.29, 1.82) is 0 Å². The van der Waals surface area contributed by atoms with Crippen LogP contribution in [0, 0.1) is 0 Å². The van der Waals surface area contributed by atoms with Crippen LogP contribution in [0.5, 0.6) is 0 Å². The van der Waals surface area contributed by atoms with E-state index in [1.807, 2.05) is 42.5 Å². The van der Waals surface area contributed by atoms with Gasteiger partial charge in [0.1, 0.15) is 0 Å². The average molecular weight is 360 g/mol. The topological polar surface area (TPSA) is 68.0 Å². The lowest BCUT2D eigenvalue weighted by Crippen LogP contribution is -2.22. The SMILES string of the molecule is O=C(NCc1nnc(SCc2ccccc2Cl)o1)c1ccccc1. The average Bonchev–Trinajstić information content (AvgIpc) is 3.08. The van der Waals surface area contributed by atoms with Crippen LogP contribution in [0.1, 0.15) is 21.8 Å². The van der Waals surface area contributed by atoms with Gasteiger partial charge in [0.25, 0.3) is 11.1 Å². The number of aromatic nitrogens is 2. The molecule has 0 saturated carbocycles. The van der Waals surface area contributed by atoms with Gasteiger partial charge >= 0.3 is 0 Å². The Labute approximate surface area is 148 Å². The van der Waals surface area contributed by atoms with Gasteiger partial charge in [-0.15, -0.1) is 10.2 Å². The van der Waals surface area contributed by atoms with Crippen molar-refractivity contribution in [3.63, 3.8) is 0 Å². The van der Waals surface area contributed by atoms with Crippen molar-refractivity contribution in [1.82, 2.24) is 15.5 Å². The van der Waals surface area contributed by atoms with Crippen LogP contribution < -0.4 is 5.32 Å². The number of benzene rings is 2. The zero-order valence-electron chi connectivity index (χ0n) is 12.6. The van der Waals surface area contributed by atoms with Crippen LogP contribution in [0.3, 0.4) is 0 Å². The highest BCUT2D eigenvalue weighted by molar-refractivity contribution is 7.98. The standard InChI is InChI=1S/C17H14ClN3O2S/c18-14-9-5-4-8-13(14)11-24-17-21-20-15(23-17)10-19-16(22)12-6-2-1-3-7-12/h1-9H,10-11H2,(H,19,22). The number of rotatable bonds is 6. The molecule has 0 bridgehead atoms. The lowest BCUT2D eigenvalue weighted by Gasteiger charge is -2.02. The Balaban J connectivity index is 1.52. The van der Waals surface area contributed by atoms with Crippen molar-refractivity contribution in [3.05, 3.63) is 76.6 Å². The minimum absolute atomic E-state index is 0.181. The molecule has 122 valence electrons. The van der Waals surface area contributed by atoms with Crippen LogP contribution in [0.15, 0.2) is 64.2 Å². The van der Waals surface area contributed by atoms with Crippen LogP contribution in [-0.4, -0.2) is 16.1 Å². The molecule has 0 fully saturated rings. The van der Waals surface area contributed by atoms with Gasteiger partial charge in [-0.25, -0.2) is 0 Å². The Hall–Kier alpha value is -2.31. The molecule has 1 N–H and O–H groups in total. The number of nitrogens with zero attached hydrogens (tertiary/aromatic N) is 2. The molecular weight excluding hydrogens is 346 g/mol.